The quantitative estimate of drug-likeness (QED) is 0.311. The maximum Gasteiger partial charge on any atom is 0.436 e. The van der Waals surface area contributed by atoms with Crippen LogP contribution in [-0.4, -0.2) is 48.9 Å². The molecule has 1 unspecified atom stereocenters. The van der Waals surface area contributed by atoms with Gasteiger partial charge in [-0.05, 0) is 0 Å². The third-order valence-corrected chi connectivity index (χ3v) is 4.19. The molecule has 0 saturated carbocycles. The SMILES string of the molecule is O=C(C(F)=C(F)F)C(F)(F)C(F)(C(=O)C(F)(F)C(F)(F)S(=O)(=O)Cl)C(F)(F)F. The first-order chi connectivity index (χ1) is 11.9. The monoisotopic (exact) mass is 486 g/mol. The van der Waals surface area contributed by atoms with Crippen LogP contribution in [0.15, 0.2) is 11.9 Å². The molecule has 0 bridgehead atoms. The minimum atomic E-state index is -7.79. The largest absolute Gasteiger partial charge is 0.436 e. The van der Waals surface area contributed by atoms with Gasteiger partial charge in [-0.1, -0.05) is 0 Å². The molecule has 164 valence electrons. The summed E-state index contributed by atoms with van der Waals surface area (Å²) in [5, 5.41) is -7.17. The number of halogens is 14. The molecule has 0 aromatic carbocycles. The Morgan fingerprint density at radius 2 is 1.07 bits per heavy atom. The Labute approximate surface area is 148 Å². The molecule has 0 heterocycles. The highest BCUT2D eigenvalue weighted by atomic mass is 35.7. The van der Waals surface area contributed by atoms with Gasteiger partial charge in [0.05, 0.1) is 0 Å². The molecular formula is C9ClF13O4S. The topological polar surface area (TPSA) is 68.3 Å². The van der Waals surface area contributed by atoms with Gasteiger partial charge in [-0.25, -0.2) is 12.8 Å². The van der Waals surface area contributed by atoms with Crippen LogP contribution in [0.25, 0.3) is 0 Å². The lowest BCUT2D eigenvalue weighted by Gasteiger charge is -2.35. The van der Waals surface area contributed by atoms with Crippen LogP contribution in [0.2, 0.25) is 0 Å². The van der Waals surface area contributed by atoms with E-state index in [2.05, 4.69) is 10.7 Å². The van der Waals surface area contributed by atoms with Gasteiger partial charge in [0.25, 0.3) is 11.6 Å². The zero-order valence-corrected chi connectivity index (χ0v) is 13.4. The molecule has 0 aromatic heterocycles. The molecule has 0 N–H and O–H groups in total. The minimum Gasteiger partial charge on any atom is -0.288 e. The van der Waals surface area contributed by atoms with Gasteiger partial charge in [0.1, 0.15) is 0 Å². The van der Waals surface area contributed by atoms with Crippen molar-refractivity contribution in [3.8, 4) is 0 Å². The number of hydrogen-bond acceptors (Lipinski definition) is 4. The summed E-state index contributed by atoms with van der Waals surface area (Å²) in [6.07, 6.45) is -11.9. The zero-order valence-electron chi connectivity index (χ0n) is 11.8. The lowest BCUT2D eigenvalue weighted by atomic mass is 9.85. The van der Waals surface area contributed by atoms with Crippen molar-refractivity contribution >= 4 is 31.3 Å². The fraction of sp³-hybridized carbons (Fsp3) is 0.556. The minimum absolute atomic E-state index is 3.75. The Bertz CT molecular complexity index is 810. The fourth-order valence-electron chi connectivity index (χ4n) is 1.33. The number of carbonyl (C=O) groups excluding carboxylic acids is 2. The predicted octanol–water partition coefficient (Wildman–Crippen LogP) is 3.90. The van der Waals surface area contributed by atoms with E-state index < -0.39 is 61.5 Å². The van der Waals surface area contributed by atoms with Crippen molar-refractivity contribution in [3.63, 3.8) is 0 Å². The molecule has 0 rings (SSSR count). The molecule has 0 fully saturated rings. The average Bonchev–Trinajstić information content (AvgIpc) is 2.48. The second-order valence-electron chi connectivity index (χ2n) is 4.49. The average molecular weight is 487 g/mol. The number of hydrogen-bond donors (Lipinski definition) is 0. The van der Waals surface area contributed by atoms with Gasteiger partial charge < -0.3 is 0 Å². The molecule has 0 saturated heterocycles. The van der Waals surface area contributed by atoms with Gasteiger partial charge in [-0.15, -0.1) is 0 Å². The summed E-state index contributed by atoms with van der Waals surface area (Å²) >= 11 is 0. The van der Waals surface area contributed by atoms with Crippen LogP contribution in [0.5, 0.6) is 0 Å². The molecule has 0 amide bonds. The van der Waals surface area contributed by atoms with Crippen molar-refractivity contribution in [3.05, 3.63) is 11.9 Å². The molecule has 19 heteroatoms. The number of carbonyl (C=O) groups is 2. The lowest BCUT2D eigenvalue weighted by Crippen LogP contribution is -2.70. The molecule has 0 spiro atoms. The molecule has 1 atom stereocenters. The normalized spacial score (nSPS) is 16.4. The van der Waals surface area contributed by atoms with Gasteiger partial charge in [0.2, 0.25) is 5.83 Å². The summed E-state index contributed by atoms with van der Waals surface area (Å²) in [6.45, 7) is 0. The highest BCUT2D eigenvalue weighted by molar-refractivity contribution is 8.14. The van der Waals surface area contributed by atoms with E-state index in [1.807, 2.05) is 0 Å². The van der Waals surface area contributed by atoms with Crippen molar-refractivity contribution in [1.82, 2.24) is 0 Å². The van der Waals surface area contributed by atoms with E-state index in [-0.39, 0.29) is 0 Å². The van der Waals surface area contributed by atoms with Crippen LogP contribution in [0.1, 0.15) is 0 Å². The molecule has 4 nitrogen and oxygen atoms in total. The van der Waals surface area contributed by atoms with E-state index in [0.29, 0.717) is 0 Å². The second kappa shape index (κ2) is 7.03. The Morgan fingerprint density at radius 3 is 1.32 bits per heavy atom. The van der Waals surface area contributed by atoms with E-state index in [1.165, 1.54) is 0 Å². The Balaban J connectivity index is 7.01. The Kier molecular flexibility index (Phi) is 6.63. The number of alkyl halides is 10. The smallest absolute Gasteiger partial charge is 0.288 e. The highest BCUT2D eigenvalue weighted by Crippen LogP contribution is 2.53. The second-order valence-corrected chi connectivity index (χ2v) is 7.10. The van der Waals surface area contributed by atoms with Crippen LogP contribution in [-0.2, 0) is 18.6 Å². The first-order valence-electron chi connectivity index (χ1n) is 5.56. The third-order valence-electron chi connectivity index (χ3n) is 2.74. The van der Waals surface area contributed by atoms with Crippen LogP contribution in [0, 0.1) is 0 Å². The molecule has 0 aromatic rings. The Morgan fingerprint density at radius 1 is 0.714 bits per heavy atom. The standard InChI is InChI=1S/C9ClF13O4S/c10-28(26,27)9(22,23)7(17,18)4(25)5(14,8(19,20)21)6(15,16)2(24)1(11)3(12)13. The molecule has 0 radical (unpaired) electrons. The summed E-state index contributed by atoms with van der Waals surface area (Å²) in [4.78, 5) is 21.6. The molecule has 0 aliphatic carbocycles. The van der Waals surface area contributed by atoms with Gasteiger partial charge >= 0.3 is 44.1 Å². The van der Waals surface area contributed by atoms with E-state index in [0.717, 1.165) is 0 Å². The maximum atomic E-state index is 13.8. The van der Waals surface area contributed by atoms with Crippen molar-refractivity contribution in [1.29, 1.82) is 0 Å². The van der Waals surface area contributed by atoms with Gasteiger partial charge in [0, 0.05) is 10.7 Å². The van der Waals surface area contributed by atoms with E-state index >= 15 is 0 Å². The lowest BCUT2D eigenvalue weighted by molar-refractivity contribution is -0.292. The molecule has 28 heavy (non-hydrogen) atoms. The number of rotatable bonds is 7. The van der Waals surface area contributed by atoms with Crippen molar-refractivity contribution in [2.24, 2.45) is 0 Å². The summed E-state index contributed by atoms with van der Waals surface area (Å²) in [5.74, 6) is -29.1. The molecule has 0 aliphatic heterocycles. The maximum absolute atomic E-state index is 13.8. The number of allylic oxidation sites excluding steroid dienone is 1. The summed E-state index contributed by atoms with van der Waals surface area (Å²) < 4.78 is 188. The Hall–Kier alpha value is -1.59. The van der Waals surface area contributed by atoms with Crippen LogP contribution < -0.4 is 0 Å². The predicted molar refractivity (Wildman–Crippen MR) is 59.9 cm³/mol. The number of Topliss-reactive ketones (excluding diaryl/α,β-unsaturated/α-hetero) is 2. The van der Waals surface area contributed by atoms with Gasteiger partial charge in [-0.2, -0.15) is 52.7 Å². The first kappa shape index (κ1) is 26.4. The summed E-state index contributed by atoms with van der Waals surface area (Å²) in [6, 6.07) is 0. The van der Waals surface area contributed by atoms with Gasteiger partial charge in [0.15, 0.2) is 0 Å². The fourth-order valence-corrected chi connectivity index (χ4v) is 2.02. The van der Waals surface area contributed by atoms with Crippen LogP contribution >= 0.6 is 10.7 Å². The number of ketones is 2. The summed E-state index contributed by atoms with van der Waals surface area (Å²) in [7, 11) is -3.35. The first-order valence-corrected chi connectivity index (χ1v) is 7.87. The van der Waals surface area contributed by atoms with E-state index in [1.54, 1.807) is 0 Å². The van der Waals surface area contributed by atoms with Crippen LogP contribution in [0.4, 0.5) is 57.1 Å². The van der Waals surface area contributed by atoms with Gasteiger partial charge in [-0.3, -0.25) is 9.59 Å². The third kappa shape index (κ3) is 3.67. The van der Waals surface area contributed by atoms with Crippen molar-refractivity contribution < 1.29 is 75.1 Å². The van der Waals surface area contributed by atoms with E-state index in [4.69, 9.17) is 0 Å². The van der Waals surface area contributed by atoms with Crippen molar-refractivity contribution in [2.75, 3.05) is 0 Å². The van der Waals surface area contributed by atoms with E-state index in [9.17, 15) is 75.1 Å². The zero-order chi connectivity index (χ0) is 23.3. The highest BCUT2D eigenvalue weighted by Gasteiger charge is 2.86. The molecular weight excluding hydrogens is 487 g/mol. The summed E-state index contributed by atoms with van der Waals surface area (Å²) in [5.41, 5.74) is -7.79. The molecule has 0 aliphatic rings. The van der Waals surface area contributed by atoms with Crippen molar-refractivity contribution in [2.45, 2.75) is 28.9 Å². The van der Waals surface area contributed by atoms with Crippen LogP contribution in [0.3, 0.4) is 0 Å².